The fourth-order valence-electron chi connectivity index (χ4n) is 2.40. The molecule has 0 fully saturated rings. The molecule has 3 aromatic carbocycles. The van der Waals surface area contributed by atoms with Crippen LogP contribution >= 0.6 is 0 Å². The van der Waals surface area contributed by atoms with E-state index in [0.29, 0.717) is 11.3 Å². The Labute approximate surface area is 134 Å². The molecular formula is C20H16FNO. The van der Waals surface area contributed by atoms with Crippen LogP contribution in [0.1, 0.15) is 15.9 Å². The lowest BCUT2D eigenvalue weighted by Crippen LogP contribution is -2.13. The van der Waals surface area contributed by atoms with Gasteiger partial charge in [-0.05, 0) is 48.4 Å². The molecule has 1 N–H and O–H groups in total. The smallest absolute Gasteiger partial charge is 0.256 e. The maximum atomic E-state index is 13.0. The topological polar surface area (TPSA) is 29.1 Å². The Morgan fingerprint density at radius 1 is 0.870 bits per heavy atom. The molecule has 0 bridgehead atoms. The third-order valence-electron chi connectivity index (χ3n) is 3.64. The van der Waals surface area contributed by atoms with Gasteiger partial charge in [0, 0.05) is 11.3 Å². The standard InChI is InChI=1S/C20H16FNO/c1-14-6-8-15(9-7-14)18-4-2-3-5-19(18)20(23)22-17-12-10-16(21)11-13-17/h2-13H,1H3,(H,22,23). The maximum absolute atomic E-state index is 13.0. The first-order valence-electron chi connectivity index (χ1n) is 7.36. The largest absolute Gasteiger partial charge is 0.322 e. The Hall–Kier alpha value is -2.94. The Balaban J connectivity index is 1.92. The molecule has 1 amide bonds. The van der Waals surface area contributed by atoms with Crippen molar-refractivity contribution in [3.05, 3.63) is 89.7 Å². The van der Waals surface area contributed by atoms with Crippen molar-refractivity contribution in [3.63, 3.8) is 0 Å². The normalized spacial score (nSPS) is 10.3. The van der Waals surface area contributed by atoms with Gasteiger partial charge in [0.05, 0.1) is 0 Å². The van der Waals surface area contributed by atoms with Gasteiger partial charge in [-0.25, -0.2) is 4.39 Å². The Morgan fingerprint density at radius 3 is 2.22 bits per heavy atom. The van der Waals surface area contributed by atoms with E-state index in [9.17, 15) is 9.18 Å². The van der Waals surface area contributed by atoms with E-state index in [-0.39, 0.29) is 11.7 Å². The first-order chi connectivity index (χ1) is 11.1. The van der Waals surface area contributed by atoms with E-state index in [1.165, 1.54) is 17.7 Å². The average molecular weight is 305 g/mol. The van der Waals surface area contributed by atoms with Gasteiger partial charge in [-0.2, -0.15) is 0 Å². The van der Waals surface area contributed by atoms with Crippen molar-refractivity contribution in [2.75, 3.05) is 5.32 Å². The second kappa shape index (κ2) is 6.44. The van der Waals surface area contributed by atoms with E-state index >= 15 is 0 Å². The number of aryl methyl sites for hydroxylation is 1. The van der Waals surface area contributed by atoms with Gasteiger partial charge in [0.2, 0.25) is 0 Å². The van der Waals surface area contributed by atoms with E-state index in [0.717, 1.165) is 11.1 Å². The van der Waals surface area contributed by atoms with Crippen molar-refractivity contribution in [3.8, 4) is 11.1 Å². The quantitative estimate of drug-likeness (QED) is 0.720. The lowest BCUT2D eigenvalue weighted by molar-refractivity contribution is 0.102. The molecular weight excluding hydrogens is 289 g/mol. The van der Waals surface area contributed by atoms with Gasteiger partial charge in [-0.1, -0.05) is 48.0 Å². The number of carbonyl (C=O) groups is 1. The molecule has 0 atom stereocenters. The molecule has 0 aliphatic rings. The summed E-state index contributed by atoms with van der Waals surface area (Å²) >= 11 is 0. The summed E-state index contributed by atoms with van der Waals surface area (Å²) in [5, 5.41) is 2.80. The molecule has 23 heavy (non-hydrogen) atoms. The molecule has 3 aromatic rings. The van der Waals surface area contributed by atoms with Crippen LogP contribution in [0.15, 0.2) is 72.8 Å². The molecule has 0 heterocycles. The zero-order chi connectivity index (χ0) is 16.2. The summed E-state index contributed by atoms with van der Waals surface area (Å²) in [4.78, 5) is 12.6. The molecule has 0 spiro atoms. The Kier molecular flexibility index (Phi) is 4.20. The lowest BCUT2D eigenvalue weighted by Gasteiger charge is -2.11. The van der Waals surface area contributed by atoms with Crippen molar-refractivity contribution in [2.24, 2.45) is 0 Å². The molecule has 0 aliphatic heterocycles. The van der Waals surface area contributed by atoms with Gasteiger partial charge >= 0.3 is 0 Å². The van der Waals surface area contributed by atoms with E-state index in [1.54, 1.807) is 18.2 Å². The zero-order valence-corrected chi connectivity index (χ0v) is 12.7. The molecule has 0 saturated heterocycles. The molecule has 0 radical (unpaired) electrons. The summed E-state index contributed by atoms with van der Waals surface area (Å²) in [5.74, 6) is -0.546. The van der Waals surface area contributed by atoms with Gasteiger partial charge in [-0.15, -0.1) is 0 Å². The van der Waals surface area contributed by atoms with Crippen molar-refractivity contribution < 1.29 is 9.18 Å². The highest BCUT2D eigenvalue weighted by Crippen LogP contribution is 2.25. The van der Waals surface area contributed by atoms with Crippen LogP contribution in [-0.4, -0.2) is 5.91 Å². The van der Waals surface area contributed by atoms with Crippen LogP contribution in [0.5, 0.6) is 0 Å². The Bertz CT molecular complexity index is 823. The molecule has 0 saturated carbocycles. The molecule has 3 heteroatoms. The van der Waals surface area contributed by atoms with Crippen LogP contribution in [0.25, 0.3) is 11.1 Å². The highest BCUT2D eigenvalue weighted by molar-refractivity contribution is 6.08. The summed E-state index contributed by atoms with van der Waals surface area (Å²) in [6.45, 7) is 2.02. The minimum atomic E-state index is -0.331. The number of anilines is 1. The molecule has 0 unspecified atom stereocenters. The first-order valence-corrected chi connectivity index (χ1v) is 7.36. The van der Waals surface area contributed by atoms with Crippen LogP contribution in [0.2, 0.25) is 0 Å². The fraction of sp³-hybridized carbons (Fsp3) is 0.0500. The number of hydrogen-bond donors (Lipinski definition) is 1. The average Bonchev–Trinajstić information content (AvgIpc) is 2.58. The Morgan fingerprint density at radius 2 is 1.52 bits per heavy atom. The van der Waals surface area contributed by atoms with Gasteiger partial charge in [0.15, 0.2) is 0 Å². The van der Waals surface area contributed by atoms with E-state index in [1.807, 2.05) is 49.4 Å². The summed E-state index contributed by atoms with van der Waals surface area (Å²) in [7, 11) is 0. The predicted octanol–water partition coefficient (Wildman–Crippen LogP) is 5.05. The predicted molar refractivity (Wildman–Crippen MR) is 91.0 cm³/mol. The zero-order valence-electron chi connectivity index (χ0n) is 12.7. The van der Waals surface area contributed by atoms with Gasteiger partial charge in [0.1, 0.15) is 5.82 Å². The number of benzene rings is 3. The molecule has 2 nitrogen and oxygen atoms in total. The monoisotopic (exact) mass is 305 g/mol. The van der Waals surface area contributed by atoms with E-state index in [2.05, 4.69) is 5.32 Å². The third kappa shape index (κ3) is 3.46. The number of halogens is 1. The van der Waals surface area contributed by atoms with E-state index in [4.69, 9.17) is 0 Å². The van der Waals surface area contributed by atoms with Crippen LogP contribution in [0.4, 0.5) is 10.1 Å². The number of carbonyl (C=O) groups excluding carboxylic acids is 1. The molecule has 0 aromatic heterocycles. The fourth-order valence-corrected chi connectivity index (χ4v) is 2.40. The van der Waals surface area contributed by atoms with E-state index < -0.39 is 0 Å². The molecule has 114 valence electrons. The van der Waals surface area contributed by atoms with Crippen LogP contribution in [0.3, 0.4) is 0 Å². The van der Waals surface area contributed by atoms with Crippen molar-refractivity contribution in [1.29, 1.82) is 0 Å². The van der Waals surface area contributed by atoms with Gasteiger partial charge < -0.3 is 5.32 Å². The second-order valence-electron chi connectivity index (χ2n) is 5.37. The highest BCUT2D eigenvalue weighted by Gasteiger charge is 2.12. The SMILES string of the molecule is Cc1ccc(-c2ccccc2C(=O)Nc2ccc(F)cc2)cc1. The number of nitrogens with one attached hydrogen (secondary N) is 1. The van der Waals surface area contributed by atoms with Crippen molar-refractivity contribution in [1.82, 2.24) is 0 Å². The number of amides is 1. The number of rotatable bonds is 3. The third-order valence-corrected chi connectivity index (χ3v) is 3.64. The first kappa shape index (κ1) is 15.0. The highest BCUT2D eigenvalue weighted by atomic mass is 19.1. The molecule has 0 aliphatic carbocycles. The van der Waals surface area contributed by atoms with Crippen LogP contribution in [0, 0.1) is 12.7 Å². The minimum Gasteiger partial charge on any atom is -0.322 e. The van der Waals surface area contributed by atoms with Crippen molar-refractivity contribution >= 4 is 11.6 Å². The van der Waals surface area contributed by atoms with Gasteiger partial charge in [-0.3, -0.25) is 4.79 Å². The molecule has 3 rings (SSSR count). The minimum absolute atomic E-state index is 0.215. The van der Waals surface area contributed by atoms with Crippen LogP contribution < -0.4 is 5.32 Å². The summed E-state index contributed by atoms with van der Waals surface area (Å²) in [5.41, 5.74) is 4.17. The second-order valence-corrected chi connectivity index (χ2v) is 5.37. The number of hydrogen-bond acceptors (Lipinski definition) is 1. The maximum Gasteiger partial charge on any atom is 0.256 e. The van der Waals surface area contributed by atoms with Crippen molar-refractivity contribution in [2.45, 2.75) is 6.92 Å². The lowest BCUT2D eigenvalue weighted by atomic mass is 9.98. The summed E-state index contributed by atoms with van der Waals surface area (Å²) in [6.07, 6.45) is 0. The summed E-state index contributed by atoms with van der Waals surface area (Å²) in [6, 6.07) is 21.2. The van der Waals surface area contributed by atoms with Gasteiger partial charge in [0.25, 0.3) is 5.91 Å². The van der Waals surface area contributed by atoms with Crippen LogP contribution in [-0.2, 0) is 0 Å². The summed E-state index contributed by atoms with van der Waals surface area (Å²) < 4.78 is 13.0.